The van der Waals surface area contributed by atoms with Crippen LogP contribution in [0, 0.1) is 11.8 Å². The molecule has 1 amide bonds. The maximum Gasteiger partial charge on any atom is 0.226 e. The van der Waals surface area contributed by atoms with E-state index in [1.807, 2.05) is 11.8 Å². The largest absolute Gasteiger partial charge is 0.384 e. The number of methoxy groups -OCH3 is 1. The molecule has 1 saturated heterocycles. The molecule has 88 valence electrons. The van der Waals surface area contributed by atoms with Gasteiger partial charge >= 0.3 is 0 Å². The first-order valence-electron chi connectivity index (χ1n) is 5.70. The molecule has 0 spiro atoms. The van der Waals surface area contributed by atoms with Gasteiger partial charge in [-0.05, 0) is 12.8 Å². The molecule has 4 heteroatoms. The van der Waals surface area contributed by atoms with Gasteiger partial charge in [0.1, 0.15) is 0 Å². The van der Waals surface area contributed by atoms with E-state index in [1.165, 1.54) is 0 Å². The van der Waals surface area contributed by atoms with E-state index < -0.39 is 0 Å². The number of nitrogens with zero attached hydrogens (tertiary/aromatic N) is 1. The summed E-state index contributed by atoms with van der Waals surface area (Å²) < 4.78 is 5.10. The second-order valence-corrected chi connectivity index (χ2v) is 4.24. The molecule has 0 radical (unpaired) electrons. The molecular formula is C11H22N2O2. The predicted octanol–water partition coefficient (Wildman–Crippen LogP) is 0.466. The topological polar surface area (TPSA) is 55.6 Å². The van der Waals surface area contributed by atoms with Crippen molar-refractivity contribution in [2.75, 3.05) is 33.4 Å². The minimum absolute atomic E-state index is 0.00583. The Morgan fingerprint density at radius 2 is 2.40 bits per heavy atom. The van der Waals surface area contributed by atoms with E-state index in [0.29, 0.717) is 12.5 Å². The number of carbonyl (C=O) groups is 1. The number of hydrogen-bond donors (Lipinski definition) is 1. The second-order valence-electron chi connectivity index (χ2n) is 4.24. The molecule has 0 aromatic carbocycles. The van der Waals surface area contributed by atoms with Crippen molar-refractivity contribution in [2.24, 2.45) is 17.6 Å². The summed E-state index contributed by atoms with van der Waals surface area (Å²) in [7, 11) is 1.71. The highest BCUT2D eigenvalue weighted by Gasteiger charge is 2.29. The highest BCUT2D eigenvalue weighted by molar-refractivity contribution is 5.79. The summed E-state index contributed by atoms with van der Waals surface area (Å²) in [6.45, 7) is 4.93. The van der Waals surface area contributed by atoms with E-state index in [9.17, 15) is 4.79 Å². The van der Waals surface area contributed by atoms with Gasteiger partial charge in [-0.15, -0.1) is 0 Å². The van der Waals surface area contributed by atoms with Crippen LogP contribution in [0.25, 0.3) is 0 Å². The van der Waals surface area contributed by atoms with Gasteiger partial charge in [0.15, 0.2) is 0 Å². The van der Waals surface area contributed by atoms with Crippen LogP contribution >= 0.6 is 0 Å². The lowest BCUT2D eigenvalue weighted by molar-refractivity contribution is -0.134. The monoisotopic (exact) mass is 214 g/mol. The number of rotatable bonds is 5. The Morgan fingerprint density at radius 3 is 2.93 bits per heavy atom. The molecule has 0 aromatic heterocycles. The maximum atomic E-state index is 12.0. The molecule has 0 saturated carbocycles. The average molecular weight is 214 g/mol. The Balaban J connectivity index is 2.42. The molecule has 2 N–H and O–H groups in total. The first kappa shape index (κ1) is 12.5. The van der Waals surface area contributed by atoms with Gasteiger partial charge in [0, 0.05) is 32.7 Å². The van der Waals surface area contributed by atoms with Crippen LogP contribution in [0.5, 0.6) is 0 Å². The van der Waals surface area contributed by atoms with Crippen molar-refractivity contribution in [3.63, 3.8) is 0 Å². The highest BCUT2D eigenvalue weighted by atomic mass is 16.5. The zero-order chi connectivity index (χ0) is 11.3. The molecule has 0 bridgehead atoms. The van der Waals surface area contributed by atoms with Crippen molar-refractivity contribution in [1.29, 1.82) is 0 Å². The molecule has 2 atom stereocenters. The Kier molecular flexibility index (Phi) is 5.05. The van der Waals surface area contributed by atoms with E-state index in [1.54, 1.807) is 7.11 Å². The number of carbonyl (C=O) groups excluding carboxylic acids is 1. The SMILES string of the molecule is CCC(CN)C(=O)N1CCC(COC)C1. The quantitative estimate of drug-likeness (QED) is 0.723. The minimum atomic E-state index is 0.00583. The summed E-state index contributed by atoms with van der Waals surface area (Å²) in [5.41, 5.74) is 5.57. The second kappa shape index (κ2) is 6.08. The molecule has 0 aromatic rings. The zero-order valence-corrected chi connectivity index (χ0v) is 9.74. The van der Waals surface area contributed by atoms with Gasteiger partial charge in [0.25, 0.3) is 0 Å². The van der Waals surface area contributed by atoms with Crippen LogP contribution in [-0.2, 0) is 9.53 Å². The summed E-state index contributed by atoms with van der Waals surface area (Å²) in [6.07, 6.45) is 1.89. The number of likely N-dealkylation sites (tertiary alicyclic amines) is 1. The average Bonchev–Trinajstić information content (AvgIpc) is 2.68. The Morgan fingerprint density at radius 1 is 1.67 bits per heavy atom. The summed E-state index contributed by atoms with van der Waals surface area (Å²) in [6, 6.07) is 0. The van der Waals surface area contributed by atoms with E-state index >= 15 is 0 Å². The smallest absolute Gasteiger partial charge is 0.226 e. The number of amides is 1. The lowest BCUT2D eigenvalue weighted by atomic mass is 10.1. The molecule has 1 heterocycles. The van der Waals surface area contributed by atoms with Gasteiger partial charge in [0.05, 0.1) is 12.5 Å². The predicted molar refractivity (Wildman–Crippen MR) is 59.4 cm³/mol. The fourth-order valence-corrected chi connectivity index (χ4v) is 2.10. The molecule has 1 aliphatic heterocycles. The molecule has 2 unspecified atom stereocenters. The molecule has 0 aliphatic carbocycles. The van der Waals surface area contributed by atoms with Crippen LogP contribution in [-0.4, -0.2) is 44.2 Å². The Labute approximate surface area is 91.8 Å². The van der Waals surface area contributed by atoms with E-state index in [4.69, 9.17) is 10.5 Å². The van der Waals surface area contributed by atoms with Gasteiger partial charge in [-0.1, -0.05) is 6.92 Å². The first-order valence-corrected chi connectivity index (χ1v) is 5.70. The van der Waals surface area contributed by atoms with Crippen molar-refractivity contribution in [1.82, 2.24) is 4.90 Å². The van der Waals surface area contributed by atoms with Crippen LogP contribution in [0.2, 0.25) is 0 Å². The van der Waals surface area contributed by atoms with Crippen molar-refractivity contribution in [3.05, 3.63) is 0 Å². The van der Waals surface area contributed by atoms with Gasteiger partial charge < -0.3 is 15.4 Å². The van der Waals surface area contributed by atoms with E-state index in [-0.39, 0.29) is 11.8 Å². The van der Waals surface area contributed by atoms with Gasteiger partial charge in [0.2, 0.25) is 5.91 Å². The van der Waals surface area contributed by atoms with Crippen LogP contribution in [0.15, 0.2) is 0 Å². The molecule has 1 fully saturated rings. The molecule has 1 aliphatic rings. The molecular weight excluding hydrogens is 192 g/mol. The summed E-state index contributed by atoms with van der Waals surface area (Å²) in [4.78, 5) is 13.9. The van der Waals surface area contributed by atoms with Crippen LogP contribution in [0.4, 0.5) is 0 Å². The zero-order valence-electron chi connectivity index (χ0n) is 9.74. The number of hydrogen-bond acceptors (Lipinski definition) is 3. The molecule has 1 rings (SSSR count). The number of ether oxygens (including phenoxy) is 1. The minimum Gasteiger partial charge on any atom is -0.384 e. The Bertz CT molecular complexity index is 205. The Hall–Kier alpha value is -0.610. The number of nitrogens with two attached hydrogens (primary N) is 1. The fraction of sp³-hybridized carbons (Fsp3) is 0.909. The third-order valence-electron chi connectivity index (χ3n) is 3.13. The maximum absolute atomic E-state index is 12.0. The third-order valence-corrected chi connectivity index (χ3v) is 3.13. The summed E-state index contributed by atoms with van der Waals surface area (Å²) in [5.74, 6) is 0.735. The third kappa shape index (κ3) is 3.18. The molecule has 15 heavy (non-hydrogen) atoms. The fourth-order valence-electron chi connectivity index (χ4n) is 2.10. The van der Waals surface area contributed by atoms with Crippen molar-refractivity contribution < 1.29 is 9.53 Å². The van der Waals surface area contributed by atoms with Crippen molar-refractivity contribution >= 4 is 5.91 Å². The van der Waals surface area contributed by atoms with Gasteiger partial charge in [-0.25, -0.2) is 0 Å². The van der Waals surface area contributed by atoms with Crippen molar-refractivity contribution in [3.8, 4) is 0 Å². The highest BCUT2D eigenvalue weighted by Crippen LogP contribution is 2.19. The summed E-state index contributed by atoms with van der Waals surface area (Å²) >= 11 is 0. The van der Waals surface area contributed by atoms with Crippen LogP contribution in [0.1, 0.15) is 19.8 Å². The van der Waals surface area contributed by atoms with Gasteiger partial charge in [-0.2, -0.15) is 0 Å². The van der Waals surface area contributed by atoms with E-state index in [2.05, 4.69) is 0 Å². The first-order chi connectivity index (χ1) is 7.22. The standard InChI is InChI=1S/C11H22N2O2/c1-3-10(6-12)11(14)13-5-4-9(7-13)8-15-2/h9-10H,3-8,12H2,1-2H3. The van der Waals surface area contributed by atoms with Crippen LogP contribution in [0.3, 0.4) is 0 Å². The molecule has 4 nitrogen and oxygen atoms in total. The van der Waals surface area contributed by atoms with Gasteiger partial charge in [-0.3, -0.25) is 4.79 Å². The normalized spacial score (nSPS) is 23.1. The van der Waals surface area contributed by atoms with Crippen LogP contribution < -0.4 is 5.73 Å². The lowest BCUT2D eigenvalue weighted by Gasteiger charge is -2.21. The van der Waals surface area contributed by atoms with E-state index in [0.717, 1.165) is 32.5 Å². The lowest BCUT2D eigenvalue weighted by Crippen LogP contribution is -2.37. The van der Waals surface area contributed by atoms with Crippen molar-refractivity contribution in [2.45, 2.75) is 19.8 Å². The summed E-state index contributed by atoms with van der Waals surface area (Å²) in [5, 5.41) is 0.